The summed E-state index contributed by atoms with van der Waals surface area (Å²) in [5.74, 6) is 5.54. The van der Waals surface area contributed by atoms with E-state index in [2.05, 4.69) is 11.8 Å². The highest BCUT2D eigenvalue weighted by Crippen LogP contribution is 2.08. The zero-order chi connectivity index (χ0) is 8.97. The second-order valence-corrected chi connectivity index (χ2v) is 2.55. The molecule has 0 radical (unpaired) electrons. The first-order valence-corrected chi connectivity index (χ1v) is 3.94. The van der Waals surface area contributed by atoms with Gasteiger partial charge in [-0.15, -0.1) is 0 Å². The van der Waals surface area contributed by atoms with Crippen LogP contribution in [0.4, 0.5) is 0 Å². The molecule has 0 amide bonds. The van der Waals surface area contributed by atoms with Crippen molar-refractivity contribution in [3.05, 3.63) is 23.4 Å². The van der Waals surface area contributed by atoms with Gasteiger partial charge in [0.05, 0.1) is 5.57 Å². The Balaban J connectivity index is 2.98. The van der Waals surface area contributed by atoms with Crippen LogP contribution in [0.3, 0.4) is 0 Å². The van der Waals surface area contributed by atoms with E-state index in [-0.39, 0.29) is 5.78 Å². The summed E-state index contributed by atoms with van der Waals surface area (Å²) in [4.78, 5) is 11.3. The number of hydrogen-bond donors (Lipinski definition) is 1. The van der Waals surface area contributed by atoms with Gasteiger partial charge in [0.2, 0.25) is 0 Å². The second-order valence-electron chi connectivity index (χ2n) is 2.55. The standard InChI is InChI=1S/C10H11NO/c1-2-10(12)8-6-4-3-5-7-9(8)11/h3,5H,2,7,11H2,1H3. The van der Waals surface area contributed by atoms with Gasteiger partial charge in [-0.1, -0.05) is 24.8 Å². The predicted octanol–water partition coefficient (Wildman–Crippen LogP) is 1.14. The van der Waals surface area contributed by atoms with Crippen LogP contribution in [0.5, 0.6) is 0 Å². The minimum absolute atomic E-state index is 0.0312. The number of rotatable bonds is 2. The molecule has 0 saturated carbocycles. The van der Waals surface area contributed by atoms with Crippen molar-refractivity contribution in [1.29, 1.82) is 0 Å². The molecule has 2 N–H and O–H groups in total. The quantitative estimate of drug-likeness (QED) is 0.617. The van der Waals surface area contributed by atoms with Gasteiger partial charge in [-0.05, 0) is 6.08 Å². The first-order chi connectivity index (χ1) is 5.75. The highest BCUT2D eigenvalue weighted by atomic mass is 16.1. The minimum Gasteiger partial charge on any atom is -0.401 e. The lowest BCUT2D eigenvalue weighted by Gasteiger charge is -2.00. The van der Waals surface area contributed by atoms with Gasteiger partial charge in [0.25, 0.3) is 0 Å². The number of hydrogen-bond acceptors (Lipinski definition) is 2. The van der Waals surface area contributed by atoms with E-state index in [4.69, 9.17) is 5.73 Å². The van der Waals surface area contributed by atoms with Crippen LogP contribution in [0, 0.1) is 11.8 Å². The summed E-state index contributed by atoms with van der Waals surface area (Å²) in [7, 11) is 0. The maximum atomic E-state index is 11.3. The van der Waals surface area contributed by atoms with E-state index in [0.29, 0.717) is 24.1 Å². The van der Waals surface area contributed by atoms with Crippen molar-refractivity contribution in [2.75, 3.05) is 0 Å². The van der Waals surface area contributed by atoms with Crippen LogP contribution in [0.2, 0.25) is 0 Å². The van der Waals surface area contributed by atoms with Crippen molar-refractivity contribution in [1.82, 2.24) is 0 Å². The first kappa shape index (κ1) is 8.61. The van der Waals surface area contributed by atoms with Gasteiger partial charge in [-0.3, -0.25) is 4.79 Å². The van der Waals surface area contributed by atoms with Crippen LogP contribution in [-0.4, -0.2) is 5.78 Å². The third kappa shape index (κ3) is 1.76. The van der Waals surface area contributed by atoms with E-state index in [1.54, 1.807) is 6.08 Å². The van der Waals surface area contributed by atoms with Crippen LogP contribution in [0.15, 0.2) is 23.4 Å². The van der Waals surface area contributed by atoms with Gasteiger partial charge in [-0.2, -0.15) is 0 Å². The summed E-state index contributed by atoms with van der Waals surface area (Å²) in [5, 5.41) is 0. The van der Waals surface area contributed by atoms with Crippen molar-refractivity contribution < 1.29 is 4.79 Å². The zero-order valence-corrected chi connectivity index (χ0v) is 7.05. The van der Waals surface area contributed by atoms with Crippen LogP contribution in [0.1, 0.15) is 19.8 Å². The average molecular weight is 161 g/mol. The fraction of sp³-hybridized carbons (Fsp3) is 0.300. The van der Waals surface area contributed by atoms with Crippen molar-refractivity contribution in [3.63, 3.8) is 0 Å². The molecular weight excluding hydrogens is 150 g/mol. The second kappa shape index (κ2) is 3.77. The Kier molecular flexibility index (Phi) is 2.71. The molecule has 0 bridgehead atoms. The Bertz CT molecular complexity index is 312. The van der Waals surface area contributed by atoms with Crippen LogP contribution in [0.25, 0.3) is 0 Å². The summed E-state index contributed by atoms with van der Waals surface area (Å²) in [6, 6.07) is 0. The lowest BCUT2D eigenvalue weighted by Crippen LogP contribution is -2.08. The number of allylic oxidation sites excluding steroid dienone is 3. The molecule has 0 aromatic heterocycles. The summed E-state index contributed by atoms with van der Waals surface area (Å²) in [6.45, 7) is 1.81. The van der Waals surface area contributed by atoms with Crippen molar-refractivity contribution in [3.8, 4) is 11.8 Å². The summed E-state index contributed by atoms with van der Waals surface area (Å²) in [5.41, 5.74) is 6.74. The number of nitrogens with two attached hydrogens (primary N) is 1. The van der Waals surface area contributed by atoms with E-state index in [9.17, 15) is 4.79 Å². The number of Topliss-reactive ketones (excluding diaryl/α,β-unsaturated/α-hetero) is 1. The molecule has 0 unspecified atom stereocenters. The third-order valence-corrected chi connectivity index (χ3v) is 1.66. The van der Waals surface area contributed by atoms with E-state index < -0.39 is 0 Å². The predicted molar refractivity (Wildman–Crippen MR) is 48.0 cm³/mol. The summed E-state index contributed by atoms with van der Waals surface area (Å²) in [6.07, 6.45) is 4.66. The molecular formula is C10H11NO. The van der Waals surface area contributed by atoms with Gasteiger partial charge in [0.1, 0.15) is 0 Å². The highest BCUT2D eigenvalue weighted by Gasteiger charge is 2.08. The fourth-order valence-electron chi connectivity index (χ4n) is 0.967. The monoisotopic (exact) mass is 161 g/mol. The number of ketones is 1. The smallest absolute Gasteiger partial charge is 0.172 e. The lowest BCUT2D eigenvalue weighted by atomic mass is 10.1. The average Bonchev–Trinajstić information content (AvgIpc) is 2.28. The Morgan fingerprint density at radius 3 is 3.17 bits per heavy atom. The molecule has 0 heterocycles. The molecule has 2 heteroatoms. The van der Waals surface area contributed by atoms with Crippen LogP contribution < -0.4 is 5.73 Å². The molecule has 0 aromatic rings. The Hall–Kier alpha value is -1.49. The Morgan fingerprint density at radius 2 is 2.50 bits per heavy atom. The SMILES string of the molecule is CCC(=O)C1=C(N)CC=CC#C1. The topological polar surface area (TPSA) is 43.1 Å². The van der Waals surface area contributed by atoms with Gasteiger partial charge in [0, 0.05) is 18.5 Å². The van der Waals surface area contributed by atoms with E-state index in [0.717, 1.165) is 0 Å². The van der Waals surface area contributed by atoms with Gasteiger partial charge >= 0.3 is 0 Å². The van der Waals surface area contributed by atoms with Crippen LogP contribution in [-0.2, 0) is 4.79 Å². The van der Waals surface area contributed by atoms with E-state index in [1.807, 2.05) is 13.0 Å². The maximum absolute atomic E-state index is 11.3. The van der Waals surface area contributed by atoms with E-state index in [1.165, 1.54) is 0 Å². The Morgan fingerprint density at radius 1 is 1.75 bits per heavy atom. The fourth-order valence-corrected chi connectivity index (χ4v) is 0.967. The van der Waals surface area contributed by atoms with Crippen molar-refractivity contribution in [2.24, 2.45) is 5.73 Å². The Labute approximate surface area is 72.1 Å². The molecule has 0 fully saturated rings. The van der Waals surface area contributed by atoms with Gasteiger partial charge in [0.15, 0.2) is 5.78 Å². The molecule has 0 spiro atoms. The molecule has 2 nitrogen and oxygen atoms in total. The van der Waals surface area contributed by atoms with Crippen LogP contribution >= 0.6 is 0 Å². The molecule has 0 atom stereocenters. The molecule has 62 valence electrons. The minimum atomic E-state index is 0.0312. The normalized spacial score (nSPS) is 15.1. The lowest BCUT2D eigenvalue weighted by molar-refractivity contribution is -0.114. The van der Waals surface area contributed by atoms with Crippen molar-refractivity contribution in [2.45, 2.75) is 19.8 Å². The number of carbonyl (C=O) groups is 1. The number of carbonyl (C=O) groups excluding carboxylic acids is 1. The highest BCUT2D eigenvalue weighted by molar-refractivity contribution is 6.00. The molecule has 0 aromatic carbocycles. The third-order valence-electron chi connectivity index (χ3n) is 1.66. The van der Waals surface area contributed by atoms with Gasteiger partial charge < -0.3 is 5.73 Å². The molecule has 0 saturated heterocycles. The van der Waals surface area contributed by atoms with E-state index >= 15 is 0 Å². The molecule has 1 rings (SSSR count). The zero-order valence-electron chi connectivity index (χ0n) is 7.05. The summed E-state index contributed by atoms with van der Waals surface area (Å²) >= 11 is 0. The molecule has 1 aliphatic rings. The molecule has 12 heavy (non-hydrogen) atoms. The first-order valence-electron chi connectivity index (χ1n) is 3.94. The maximum Gasteiger partial charge on any atom is 0.172 e. The molecule has 1 aliphatic carbocycles. The van der Waals surface area contributed by atoms with Crippen molar-refractivity contribution >= 4 is 5.78 Å². The molecule has 0 aliphatic heterocycles. The van der Waals surface area contributed by atoms with Gasteiger partial charge in [-0.25, -0.2) is 0 Å². The largest absolute Gasteiger partial charge is 0.401 e. The summed E-state index contributed by atoms with van der Waals surface area (Å²) < 4.78 is 0.